The highest BCUT2D eigenvalue weighted by molar-refractivity contribution is 6.37. The summed E-state index contributed by atoms with van der Waals surface area (Å²) in [6.45, 7) is 0.645. The first-order valence-electron chi connectivity index (χ1n) is 7.18. The van der Waals surface area contributed by atoms with Crippen LogP contribution in [0, 0.1) is 5.92 Å². The van der Waals surface area contributed by atoms with Gasteiger partial charge in [-0.05, 0) is 30.9 Å². The summed E-state index contributed by atoms with van der Waals surface area (Å²) in [4.78, 5) is 11.9. The number of carbonyl (C=O) groups is 1. The molecule has 1 aliphatic carbocycles. The zero-order valence-electron chi connectivity index (χ0n) is 11.8. The Kier molecular flexibility index (Phi) is 6.15. The number of rotatable bonds is 5. The quantitative estimate of drug-likeness (QED) is 0.798. The summed E-state index contributed by atoms with van der Waals surface area (Å²) >= 11 is 11.8. The van der Waals surface area contributed by atoms with E-state index in [0.717, 1.165) is 0 Å². The molecular weight excluding hydrogens is 311 g/mol. The lowest BCUT2D eigenvalue weighted by Crippen LogP contribution is -2.22. The Hall–Kier alpha value is -0.970. The van der Waals surface area contributed by atoms with Crippen molar-refractivity contribution in [3.63, 3.8) is 0 Å². The Balaban J connectivity index is 1.79. The average Bonchev–Trinajstić information content (AvgIpc) is 2.44. The molecule has 0 bridgehead atoms. The van der Waals surface area contributed by atoms with Crippen molar-refractivity contribution >= 4 is 40.5 Å². The molecule has 0 spiro atoms. The monoisotopic (exact) mass is 330 g/mol. The van der Waals surface area contributed by atoms with Crippen molar-refractivity contribution in [3.05, 3.63) is 22.2 Å². The molecule has 0 unspecified atom stereocenters. The fourth-order valence-electron chi connectivity index (χ4n) is 2.57. The van der Waals surface area contributed by atoms with E-state index in [0.29, 0.717) is 33.9 Å². The molecule has 116 valence electrons. The third kappa shape index (κ3) is 5.06. The summed E-state index contributed by atoms with van der Waals surface area (Å²) in [5.74, 6) is 0.317. The van der Waals surface area contributed by atoms with Crippen LogP contribution < -0.4 is 11.1 Å². The molecule has 1 saturated carbocycles. The van der Waals surface area contributed by atoms with E-state index in [1.165, 1.54) is 38.2 Å². The van der Waals surface area contributed by atoms with E-state index in [1.807, 2.05) is 0 Å². The van der Waals surface area contributed by atoms with Gasteiger partial charge in [-0.2, -0.15) is 0 Å². The van der Waals surface area contributed by atoms with Crippen LogP contribution in [0.15, 0.2) is 12.1 Å². The van der Waals surface area contributed by atoms with Crippen LogP contribution in [0.1, 0.15) is 32.1 Å². The Labute approximate surface area is 134 Å². The number of nitrogens with one attached hydrogen (secondary N) is 1. The van der Waals surface area contributed by atoms with Gasteiger partial charge < -0.3 is 15.8 Å². The molecular formula is C15H20Cl2N2O2. The maximum absolute atomic E-state index is 11.9. The van der Waals surface area contributed by atoms with Crippen molar-refractivity contribution in [3.8, 4) is 0 Å². The van der Waals surface area contributed by atoms with E-state index in [1.54, 1.807) is 6.07 Å². The average molecular weight is 331 g/mol. The van der Waals surface area contributed by atoms with E-state index in [4.69, 9.17) is 33.7 Å². The maximum atomic E-state index is 11.9. The number of benzene rings is 1. The first-order chi connectivity index (χ1) is 10.1. The van der Waals surface area contributed by atoms with E-state index in [2.05, 4.69) is 5.32 Å². The Morgan fingerprint density at radius 3 is 2.67 bits per heavy atom. The van der Waals surface area contributed by atoms with Crippen LogP contribution in [0.5, 0.6) is 0 Å². The van der Waals surface area contributed by atoms with Gasteiger partial charge in [-0.3, -0.25) is 4.79 Å². The molecule has 0 atom stereocenters. The number of ether oxygens (including phenoxy) is 1. The molecule has 3 N–H and O–H groups in total. The molecule has 0 heterocycles. The number of hydrogen-bond donors (Lipinski definition) is 2. The van der Waals surface area contributed by atoms with Crippen molar-refractivity contribution in [2.45, 2.75) is 32.1 Å². The largest absolute Gasteiger partial charge is 0.397 e. The number of anilines is 2. The Bertz CT molecular complexity index is 479. The first-order valence-corrected chi connectivity index (χ1v) is 7.94. The van der Waals surface area contributed by atoms with Gasteiger partial charge in [-0.1, -0.05) is 42.5 Å². The van der Waals surface area contributed by atoms with E-state index in [9.17, 15) is 4.79 Å². The van der Waals surface area contributed by atoms with Gasteiger partial charge >= 0.3 is 0 Å². The third-order valence-electron chi connectivity index (χ3n) is 3.66. The van der Waals surface area contributed by atoms with Crippen molar-refractivity contribution in [1.29, 1.82) is 0 Å². The zero-order valence-corrected chi connectivity index (χ0v) is 13.3. The van der Waals surface area contributed by atoms with Crippen LogP contribution in [0.3, 0.4) is 0 Å². The SMILES string of the molecule is Nc1cc(Cl)cc(Cl)c1NC(=O)COCC1CCCCC1. The summed E-state index contributed by atoms with van der Waals surface area (Å²) in [6, 6.07) is 3.09. The fraction of sp³-hybridized carbons (Fsp3) is 0.533. The zero-order chi connectivity index (χ0) is 15.2. The summed E-state index contributed by atoms with van der Waals surface area (Å²) in [5.41, 5.74) is 6.51. The predicted molar refractivity (Wildman–Crippen MR) is 86.9 cm³/mol. The molecule has 1 aliphatic rings. The van der Waals surface area contributed by atoms with E-state index >= 15 is 0 Å². The van der Waals surface area contributed by atoms with Gasteiger partial charge in [0, 0.05) is 5.02 Å². The molecule has 0 saturated heterocycles. The summed E-state index contributed by atoms with van der Waals surface area (Å²) in [5, 5.41) is 3.42. The summed E-state index contributed by atoms with van der Waals surface area (Å²) < 4.78 is 5.49. The lowest BCUT2D eigenvalue weighted by atomic mass is 9.90. The standard InChI is InChI=1S/C15H20Cl2N2O2/c16-11-6-12(17)15(13(18)7-11)19-14(20)9-21-8-10-4-2-1-3-5-10/h6-7,10H,1-5,8-9,18H2,(H,19,20). The van der Waals surface area contributed by atoms with Crippen molar-refractivity contribution in [2.75, 3.05) is 24.3 Å². The molecule has 1 fully saturated rings. The van der Waals surface area contributed by atoms with Crippen LogP contribution in [-0.2, 0) is 9.53 Å². The second-order valence-electron chi connectivity index (χ2n) is 5.42. The minimum Gasteiger partial charge on any atom is -0.397 e. The number of carbonyl (C=O) groups excluding carboxylic acids is 1. The lowest BCUT2D eigenvalue weighted by molar-refractivity contribution is -0.121. The van der Waals surface area contributed by atoms with Crippen molar-refractivity contribution in [2.24, 2.45) is 5.92 Å². The van der Waals surface area contributed by atoms with Gasteiger partial charge in [-0.15, -0.1) is 0 Å². The second kappa shape index (κ2) is 7.87. The van der Waals surface area contributed by atoms with Gasteiger partial charge in [0.2, 0.25) is 5.91 Å². The molecule has 1 aromatic carbocycles. The van der Waals surface area contributed by atoms with Crippen LogP contribution >= 0.6 is 23.2 Å². The van der Waals surface area contributed by atoms with E-state index < -0.39 is 0 Å². The highest BCUT2D eigenvalue weighted by Gasteiger charge is 2.15. The molecule has 1 amide bonds. The molecule has 2 rings (SSSR count). The molecule has 0 aliphatic heterocycles. The van der Waals surface area contributed by atoms with Gasteiger partial charge in [0.05, 0.1) is 23.0 Å². The number of amides is 1. The highest BCUT2D eigenvalue weighted by Crippen LogP contribution is 2.32. The van der Waals surface area contributed by atoms with Gasteiger partial charge in [0.15, 0.2) is 0 Å². The smallest absolute Gasteiger partial charge is 0.250 e. The first kappa shape index (κ1) is 16.4. The summed E-state index contributed by atoms with van der Waals surface area (Å²) in [6.07, 6.45) is 6.22. The molecule has 6 heteroatoms. The van der Waals surface area contributed by atoms with Gasteiger partial charge in [0.25, 0.3) is 0 Å². The Morgan fingerprint density at radius 2 is 2.00 bits per heavy atom. The van der Waals surface area contributed by atoms with E-state index in [-0.39, 0.29) is 12.5 Å². The minimum atomic E-state index is -0.262. The van der Waals surface area contributed by atoms with Crippen molar-refractivity contribution in [1.82, 2.24) is 0 Å². The summed E-state index contributed by atoms with van der Waals surface area (Å²) in [7, 11) is 0. The third-order valence-corrected chi connectivity index (χ3v) is 4.18. The lowest BCUT2D eigenvalue weighted by Gasteiger charge is -2.21. The van der Waals surface area contributed by atoms with Crippen molar-refractivity contribution < 1.29 is 9.53 Å². The van der Waals surface area contributed by atoms with Gasteiger partial charge in [-0.25, -0.2) is 0 Å². The van der Waals surface area contributed by atoms with Gasteiger partial charge in [0.1, 0.15) is 6.61 Å². The van der Waals surface area contributed by atoms with Crippen LogP contribution in [0.2, 0.25) is 10.0 Å². The second-order valence-corrected chi connectivity index (χ2v) is 6.26. The molecule has 21 heavy (non-hydrogen) atoms. The molecule has 0 radical (unpaired) electrons. The fourth-order valence-corrected chi connectivity index (χ4v) is 3.13. The molecule has 1 aromatic rings. The number of nitrogens with two attached hydrogens (primary N) is 1. The normalized spacial score (nSPS) is 15.9. The topological polar surface area (TPSA) is 64.3 Å². The number of halogens is 2. The number of nitrogen functional groups attached to an aromatic ring is 1. The minimum absolute atomic E-state index is 0.00882. The molecule has 0 aromatic heterocycles. The predicted octanol–water partition coefficient (Wildman–Crippen LogP) is 4.11. The Morgan fingerprint density at radius 1 is 1.29 bits per heavy atom. The van der Waals surface area contributed by atoms with Crippen LogP contribution in [0.25, 0.3) is 0 Å². The van der Waals surface area contributed by atoms with Crippen LogP contribution in [0.4, 0.5) is 11.4 Å². The highest BCUT2D eigenvalue weighted by atomic mass is 35.5. The molecule has 4 nitrogen and oxygen atoms in total. The maximum Gasteiger partial charge on any atom is 0.250 e. The number of hydrogen-bond acceptors (Lipinski definition) is 3. The van der Waals surface area contributed by atoms with Crippen LogP contribution in [-0.4, -0.2) is 19.1 Å².